The normalized spacial score (nSPS) is 18.8. The average Bonchev–Trinajstić information content (AvgIpc) is 2.54. The fourth-order valence-electron chi connectivity index (χ4n) is 3.02. The van der Waals surface area contributed by atoms with Gasteiger partial charge in [0.05, 0.1) is 19.3 Å². The van der Waals surface area contributed by atoms with Crippen molar-refractivity contribution in [3.05, 3.63) is 35.4 Å². The molecule has 1 aromatic rings. The van der Waals surface area contributed by atoms with E-state index in [9.17, 15) is 4.79 Å². The van der Waals surface area contributed by atoms with Gasteiger partial charge in [0.2, 0.25) is 5.91 Å². The molecule has 5 heteroatoms. The SMILES string of the molecule is CCCc1ccc(C(NC(=O)CC2COCCN2)C(C)C)cc1.Cl. The second-order valence-corrected chi connectivity index (χ2v) is 6.71. The zero-order chi connectivity index (χ0) is 16.7. The molecule has 0 bridgehead atoms. The molecule has 2 atom stereocenters. The molecule has 1 amide bonds. The number of nitrogens with one attached hydrogen (secondary N) is 2. The molecule has 2 unspecified atom stereocenters. The van der Waals surface area contributed by atoms with Gasteiger partial charge in [-0.15, -0.1) is 12.4 Å². The predicted molar refractivity (Wildman–Crippen MR) is 101 cm³/mol. The second-order valence-electron chi connectivity index (χ2n) is 6.71. The smallest absolute Gasteiger partial charge is 0.222 e. The van der Waals surface area contributed by atoms with E-state index in [1.807, 2.05) is 0 Å². The van der Waals surface area contributed by atoms with Crippen LogP contribution >= 0.6 is 12.4 Å². The van der Waals surface area contributed by atoms with Gasteiger partial charge in [0.15, 0.2) is 0 Å². The Bertz CT molecular complexity index is 485. The lowest BCUT2D eigenvalue weighted by Crippen LogP contribution is -2.45. The van der Waals surface area contributed by atoms with Gasteiger partial charge < -0.3 is 15.4 Å². The third kappa shape index (κ3) is 6.42. The summed E-state index contributed by atoms with van der Waals surface area (Å²) in [6, 6.07) is 8.84. The number of carbonyl (C=O) groups excluding carboxylic acids is 1. The van der Waals surface area contributed by atoms with Crippen LogP contribution in [-0.2, 0) is 16.0 Å². The van der Waals surface area contributed by atoms with E-state index < -0.39 is 0 Å². The first kappa shape index (κ1) is 20.9. The minimum Gasteiger partial charge on any atom is -0.378 e. The highest BCUT2D eigenvalue weighted by Crippen LogP contribution is 2.22. The lowest BCUT2D eigenvalue weighted by molar-refractivity contribution is -0.123. The van der Waals surface area contributed by atoms with E-state index in [2.05, 4.69) is 55.7 Å². The highest BCUT2D eigenvalue weighted by atomic mass is 35.5. The molecule has 2 N–H and O–H groups in total. The number of ether oxygens (including phenoxy) is 1. The summed E-state index contributed by atoms with van der Waals surface area (Å²) in [6.45, 7) is 8.65. The van der Waals surface area contributed by atoms with Crippen LogP contribution in [0.15, 0.2) is 24.3 Å². The van der Waals surface area contributed by atoms with Gasteiger partial charge in [-0.1, -0.05) is 51.5 Å². The van der Waals surface area contributed by atoms with Crippen LogP contribution < -0.4 is 10.6 Å². The van der Waals surface area contributed by atoms with Gasteiger partial charge in [-0.2, -0.15) is 0 Å². The summed E-state index contributed by atoms with van der Waals surface area (Å²) in [4.78, 5) is 12.4. The molecule has 0 aliphatic carbocycles. The molecule has 1 saturated heterocycles. The monoisotopic (exact) mass is 354 g/mol. The number of hydrogen-bond acceptors (Lipinski definition) is 3. The molecule has 2 rings (SSSR count). The molecular formula is C19H31ClN2O2. The van der Waals surface area contributed by atoms with Gasteiger partial charge in [-0.25, -0.2) is 0 Å². The molecule has 0 aromatic heterocycles. The van der Waals surface area contributed by atoms with Crippen molar-refractivity contribution in [2.24, 2.45) is 5.92 Å². The van der Waals surface area contributed by atoms with Gasteiger partial charge in [0.25, 0.3) is 0 Å². The number of benzene rings is 1. The molecule has 1 fully saturated rings. The van der Waals surface area contributed by atoms with Gasteiger partial charge >= 0.3 is 0 Å². The maximum Gasteiger partial charge on any atom is 0.222 e. The summed E-state index contributed by atoms with van der Waals surface area (Å²) in [7, 11) is 0. The van der Waals surface area contributed by atoms with Crippen molar-refractivity contribution in [3.8, 4) is 0 Å². The van der Waals surface area contributed by atoms with E-state index in [0.29, 0.717) is 18.9 Å². The maximum absolute atomic E-state index is 12.4. The largest absolute Gasteiger partial charge is 0.378 e. The molecule has 0 radical (unpaired) electrons. The Morgan fingerprint density at radius 3 is 2.58 bits per heavy atom. The van der Waals surface area contributed by atoms with Crippen molar-refractivity contribution in [1.82, 2.24) is 10.6 Å². The van der Waals surface area contributed by atoms with Crippen LogP contribution in [0.5, 0.6) is 0 Å². The van der Waals surface area contributed by atoms with E-state index in [4.69, 9.17) is 4.74 Å². The van der Waals surface area contributed by atoms with Crippen molar-refractivity contribution < 1.29 is 9.53 Å². The van der Waals surface area contributed by atoms with Crippen molar-refractivity contribution in [1.29, 1.82) is 0 Å². The molecule has 136 valence electrons. The number of halogens is 1. The molecule has 0 saturated carbocycles. The average molecular weight is 355 g/mol. The third-order valence-electron chi connectivity index (χ3n) is 4.29. The number of carbonyl (C=O) groups is 1. The summed E-state index contributed by atoms with van der Waals surface area (Å²) < 4.78 is 5.41. The van der Waals surface area contributed by atoms with Crippen molar-refractivity contribution >= 4 is 18.3 Å². The number of hydrogen-bond donors (Lipinski definition) is 2. The minimum absolute atomic E-state index is 0. The molecule has 0 spiro atoms. The number of rotatable bonds is 7. The lowest BCUT2D eigenvalue weighted by Gasteiger charge is -2.26. The Morgan fingerprint density at radius 2 is 2.04 bits per heavy atom. The highest BCUT2D eigenvalue weighted by Gasteiger charge is 2.22. The quantitative estimate of drug-likeness (QED) is 0.790. The Labute approximate surface area is 152 Å². The Hall–Kier alpha value is -1.10. The van der Waals surface area contributed by atoms with Crippen LogP contribution in [0.1, 0.15) is 50.8 Å². The molecule has 1 heterocycles. The van der Waals surface area contributed by atoms with Crippen LogP contribution in [0.4, 0.5) is 0 Å². The standard InChI is InChI=1S/C19H30N2O2.ClH/c1-4-5-15-6-8-16(9-7-15)19(14(2)3)21-18(22)12-17-13-23-11-10-20-17;/h6-9,14,17,19-20H,4-5,10-13H2,1-3H3,(H,21,22);1H. The topological polar surface area (TPSA) is 50.4 Å². The Balaban J connectivity index is 0.00000288. The predicted octanol–water partition coefficient (Wildman–Crippen LogP) is 3.25. The van der Waals surface area contributed by atoms with Crippen LogP contribution in [0, 0.1) is 5.92 Å². The molecule has 1 aromatic carbocycles. The van der Waals surface area contributed by atoms with E-state index in [-0.39, 0.29) is 30.4 Å². The number of morpholine rings is 1. The zero-order valence-electron chi connectivity index (χ0n) is 15.0. The van der Waals surface area contributed by atoms with E-state index in [1.165, 1.54) is 11.1 Å². The van der Waals surface area contributed by atoms with Crippen molar-refractivity contribution in [2.45, 2.75) is 52.1 Å². The lowest BCUT2D eigenvalue weighted by atomic mass is 9.94. The van der Waals surface area contributed by atoms with E-state index in [1.54, 1.807) is 0 Å². The van der Waals surface area contributed by atoms with Crippen LogP contribution in [-0.4, -0.2) is 31.7 Å². The third-order valence-corrected chi connectivity index (χ3v) is 4.29. The Kier molecular flexibility index (Phi) is 9.34. The highest BCUT2D eigenvalue weighted by molar-refractivity contribution is 5.85. The molecule has 1 aliphatic heterocycles. The molecule has 24 heavy (non-hydrogen) atoms. The second kappa shape index (κ2) is 10.7. The summed E-state index contributed by atoms with van der Waals surface area (Å²) in [5, 5.41) is 6.52. The molecular weight excluding hydrogens is 324 g/mol. The minimum atomic E-state index is 0. The van der Waals surface area contributed by atoms with E-state index in [0.717, 1.165) is 26.0 Å². The number of aryl methyl sites for hydroxylation is 1. The van der Waals surface area contributed by atoms with Crippen molar-refractivity contribution in [2.75, 3.05) is 19.8 Å². The number of amides is 1. The summed E-state index contributed by atoms with van der Waals surface area (Å²) >= 11 is 0. The van der Waals surface area contributed by atoms with Crippen LogP contribution in [0.25, 0.3) is 0 Å². The Morgan fingerprint density at radius 1 is 1.33 bits per heavy atom. The first-order valence-corrected chi connectivity index (χ1v) is 8.79. The van der Waals surface area contributed by atoms with Gasteiger partial charge in [-0.05, 0) is 23.5 Å². The van der Waals surface area contributed by atoms with Crippen LogP contribution in [0.2, 0.25) is 0 Å². The summed E-state index contributed by atoms with van der Waals surface area (Å²) in [5.41, 5.74) is 2.54. The summed E-state index contributed by atoms with van der Waals surface area (Å²) in [6.07, 6.45) is 2.73. The van der Waals surface area contributed by atoms with Gasteiger partial charge in [0.1, 0.15) is 0 Å². The fourth-order valence-corrected chi connectivity index (χ4v) is 3.02. The molecule has 1 aliphatic rings. The fraction of sp³-hybridized carbons (Fsp3) is 0.632. The van der Waals surface area contributed by atoms with Gasteiger partial charge in [-0.3, -0.25) is 4.79 Å². The zero-order valence-corrected chi connectivity index (χ0v) is 15.8. The first-order valence-electron chi connectivity index (χ1n) is 8.79. The molecule has 4 nitrogen and oxygen atoms in total. The van der Waals surface area contributed by atoms with Crippen molar-refractivity contribution in [3.63, 3.8) is 0 Å². The first-order chi connectivity index (χ1) is 11.1. The summed E-state index contributed by atoms with van der Waals surface area (Å²) in [5.74, 6) is 0.441. The van der Waals surface area contributed by atoms with E-state index >= 15 is 0 Å². The van der Waals surface area contributed by atoms with Crippen LogP contribution in [0.3, 0.4) is 0 Å². The maximum atomic E-state index is 12.4. The van der Waals surface area contributed by atoms with Gasteiger partial charge in [0, 0.05) is 19.0 Å².